The molecule has 22 heavy (non-hydrogen) atoms. The number of amides is 1. The quantitative estimate of drug-likeness (QED) is 0.927. The number of carbonyl (C=O) groups excluding carboxylic acids is 1. The van der Waals surface area contributed by atoms with E-state index in [4.69, 9.17) is 16.1 Å². The molecule has 3 rings (SSSR count). The van der Waals surface area contributed by atoms with Crippen molar-refractivity contribution in [2.24, 2.45) is 0 Å². The van der Waals surface area contributed by atoms with E-state index in [1.54, 1.807) is 24.3 Å². The minimum absolute atomic E-state index is 0.207. The van der Waals surface area contributed by atoms with Gasteiger partial charge in [0.2, 0.25) is 5.89 Å². The standard InChI is InChI=1S/C15H16ClN3O2S/c16-12-4-2-1-3-11(12)15(20)17-9-13-18-14(19-21-13)10-5-7-22-8-6-10/h1-4,10H,5-9H2,(H,17,20). The van der Waals surface area contributed by atoms with Gasteiger partial charge >= 0.3 is 0 Å². The van der Waals surface area contributed by atoms with Crippen LogP contribution in [0.2, 0.25) is 5.02 Å². The molecular weight excluding hydrogens is 322 g/mol. The lowest BCUT2D eigenvalue weighted by molar-refractivity contribution is 0.0946. The molecule has 1 aliphatic rings. The molecule has 1 aromatic heterocycles. The minimum atomic E-state index is -0.251. The molecule has 1 aliphatic heterocycles. The van der Waals surface area contributed by atoms with Crippen LogP contribution in [0.1, 0.15) is 40.8 Å². The van der Waals surface area contributed by atoms with Gasteiger partial charge in [-0.15, -0.1) is 0 Å². The number of nitrogens with one attached hydrogen (secondary N) is 1. The summed E-state index contributed by atoms with van der Waals surface area (Å²) < 4.78 is 5.22. The summed E-state index contributed by atoms with van der Waals surface area (Å²) in [7, 11) is 0. The number of hydrogen-bond acceptors (Lipinski definition) is 5. The molecule has 1 N–H and O–H groups in total. The van der Waals surface area contributed by atoms with Gasteiger partial charge in [-0.3, -0.25) is 4.79 Å². The van der Waals surface area contributed by atoms with Crippen molar-refractivity contribution in [2.45, 2.75) is 25.3 Å². The van der Waals surface area contributed by atoms with E-state index >= 15 is 0 Å². The average Bonchev–Trinajstić information content (AvgIpc) is 3.03. The van der Waals surface area contributed by atoms with Crippen LogP contribution in [0.5, 0.6) is 0 Å². The minimum Gasteiger partial charge on any atom is -0.343 e. The summed E-state index contributed by atoms with van der Waals surface area (Å²) in [5.74, 6) is 3.57. The van der Waals surface area contributed by atoms with Gasteiger partial charge in [-0.05, 0) is 36.5 Å². The summed E-state index contributed by atoms with van der Waals surface area (Å²) in [5, 5.41) is 7.21. The van der Waals surface area contributed by atoms with Crippen LogP contribution in [0.3, 0.4) is 0 Å². The van der Waals surface area contributed by atoms with Crippen LogP contribution in [-0.2, 0) is 6.54 Å². The zero-order chi connectivity index (χ0) is 15.4. The summed E-state index contributed by atoms with van der Waals surface area (Å²) in [4.78, 5) is 16.4. The Balaban J connectivity index is 1.59. The third-order valence-corrected chi connectivity index (χ3v) is 4.97. The second-order valence-electron chi connectivity index (χ2n) is 5.10. The summed E-state index contributed by atoms with van der Waals surface area (Å²) in [5.41, 5.74) is 0.438. The lowest BCUT2D eigenvalue weighted by atomic mass is 10.0. The number of hydrogen-bond donors (Lipinski definition) is 1. The van der Waals surface area contributed by atoms with E-state index in [2.05, 4.69) is 15.5 Å². The molecule has 7 heteroatoms. The normalized spacial score (nSPS) is 15.7. The van der Waals surface area contributed by atoms with Gasteiger partial charge in [-0.2, -0.15) is 16.7 Å². The first-order valence-electron chi connectivity index (χ1n) is 7.17. The highest BCUT2D eigenvalue weighted by atomic mass is 35.5. The topological polar surface area (TPSA) is 68.0 Å². The van der Waals surface area contributed by atoms with Gasteiger partial charge in [0.15, 0.2) is 5.82 Å². The third-order valence-electron chi connectivity index (χ3n) is 3.59. The fourth-order valence-corrected chi connectivity index (χ4v) is 3.69. The van der Waals surface area contributed by atoms with Crippen molar-refractivity contribution in [3.05, 3.63) is 46.6 Å². The van der Waals surface area contributed by atoms with Gasteiger partial charge in [0, 0.05) is 5.92 Å². The maximum Gasteiger partial charge on any atom is 0.253 e. The Bertz CT molecular complexity index is 656. The molecule has 0 aliphatic carbocycles. The molecule has 1 amide bonds. The van der Waals surface area contributed by atoms with E-state index in [9.17, 15) is 4.79 Å². The average molecular weight is 338 g/mol. The Morgan fingerprint density at radius 2 is 2.14 bits per heavy atom. The molecule has 116 valence electrons. The number of thioether (sulfide) groups is 1. The van der Waals surface area contributed by atoms with Crippen molar-refractivity contribution >= 4 is 29.3 Å². The Kier molecular flexibility index (Phi) is 5.00. The van der Waals surface area contributed by atoms with Gasteiger partial charge in [-0.25, -0.2) is 0 Å². The van der Waals surface area contributed by atoms with Crippen LogP contribution in [-0.4, -0.2) is 27.6 Å². The second-order valence-corrected chi connectivity index (χ2v) is 6.73. The third kappa shape index (κ3) is 3.62. The molecule has 5 nitrogen and oxygen atoms in total. The van der Waals surface area contributed by atoms with E-state index in [0.29, 0.717) is 22.4 Å². The zero-order valence-corrected chi connectivity index (χ0v) is 13.5. The number of halogens is 1. The fourth-order valence-electron chi connectivity index (χ4n) is 2.36. The number of carbonyl (C=O) groups is 1. The molecule has 0 bridgehead atoms. The predicted molar refractivity (Wildman–Crippen MR) is 86.2 cm³/mol. The fraction of sp³-hybridized carbons (Fsp3) is 0.400. The lowest BCUT2D eigenvalue weighted by Gasteiger charge is -2.17. The highest BCUT2D eigenvalue weighted by Gasteiger charge is 2.21. The van der Waals surface area contributed by atoms with Crippen LogP contribution in [0.25, 0.3) is 0 Å². The highest BCUT2D eigenvalue weighted by Crippen LogP contribution is 2.29. The molecule has 1 fully saturated rings. The molecule has 0 atom stereocenters. The largest absolute Gasteiger partial charge is 0.343 e. The van der Waals surface area contributed by atoms with Crippen LogP contribution in [0.4, 0.5) is 0 Å². The molecule has 0 spiro atoms. The summed E-state index contributed by atoms with van der Waals surface area (Å²) in [6.07, 6.45) is 2.16. The Labute approximate surface area is 137 Å². The first-order valence-corrected chi connectivity index (χ1v) is 8.70. The molecular formula is C15H16ClN3O2S. The SMILES string of the molecule is O=C(NCc1nc(C2CCSCC2)no1)c1ccccc1Cl. The number of nitrogens with zero attached hydrogens (tertiary/aromatic N) is 2. The van der Waals surface area contributed by atoms with Crippen molar-refractivity contribution in [1.29, 1.82) is 0 Å². The van der Waals surface area contributed by atoms with Gasteiger partial charge < -0.3 is 9.84 Å². The molecule has 2 aromatic rings. The van der Waals surface area contributed by atoms with E-state index in [1.807, 2.05) is 11.8 Å². The number of benzene rings is 1. The summed E-state index contributed by atoms with van der Waals surface area (Å²) in [6.45, 7) is 0.207. The Hall–Kier alpha value is -1.53. The van der Waals surface area contributed by atoms with Gasteiger partial charge in [0.05, 0.1) is 17.1 Å². The number of aromatic nitrogens is 2. The molecule has 1 saturated heterocycles. The van der Waals surface area contributed by atoms with Gasteiger partial charge in [0.25, 0.3) is 5.91 Å². The Morgan fingerprint density at radius 3 is 2.91 bits per heavy atom. The molecule has 0 saturated carbocycles. The molecule has 2 heterocycles. The van der Waals surface area contributed by atoms with E-state index < -0.39 is 0 Å². The van der Waals surface area contributed by atoms with Gasteiger partial charge in [-0.1, -0.05) is 28.9 Å². The van der Waals surface area contributed by atoms with Crippen molar-refractivity contribution in [1.82, 2.24) is 15.5 Å². The zero-order valence-electron chi connectivity index (χ0n) is 11.9. The smallest absolute Gasteiger partial charge is 0.253 e. The van der Waals surface area contributed by atoms with Crippen molar-refractivity contribution in [2.75, 3.05) is 11.5 Å². The van der Waals surface area contributed by atoms with E-state index in [0.717, 1.165) is 30.2 Å². The second kappa shape index (κ2) is 7.15. The lowest BCUT2D eigenvalue weighted by Crippen LogP contribution is -2.23. The molecule has 1 aromatic carbocycles. The maximum atomic E-state index is 12.1. The van der Waals surface area contributed by atoms with Crippen LogP contribution < -0.4 is 5.32 Å². The van der Waals surface area contributed by atoms with Crippen LogP contribution >= 0.6 is 23.4 Å². The van der Waals surface area contributed by atoms with Crippen molar-refractivity contribution < 1.29 is 9.32 Å². The van der Waals surface area contributed by atoms with E-state index in [-0.39, 0.29) is 12.5 Å². The van der Waals surface area contributed by atoms with Crippen LogP contribution in [0, 0.1) is 0 Å². The van der Waals surface area contributed by atoms with E-state index in [1.165, 1.54) is 0 Å². The van der Waals surface area contributed by atoms with Crippen molar-refractivity contribution in [3.63, 3.8) is 0 Å². The first-order chi connectivity index (χ1) is 10.7. The number of rotatable bonds is 4. The maximum absolute atomic E-state index is 12.1. The Morgan fingerprint density at radius 1 is 1.36 bits per heavy atom. The van der Waals surface area contributed by atoms with Gasteiger partial charge in [0.1, 0.15) is 0 Å². The predicted octanol–water partition coefficient (Wildman–Crippen LogP) is 3.26. The monoisotopic (exact) mass is 337 g/mol. The molecule has 0 unspecified atom stereocenters. The van der Waals surface area contributed by atoms with Crippen LogP contribution in [0.15, 0.2) is 28.8 Å². The summed E-state index contributed by atoms with van der Waals surface area (Å²) in [6, 6.07) is 6.91. The first kappa shape index (κ1) is 15.4. The molecule has 0 radical (unpaired) electrons. The van der Waals surface area contributed by atoms with Crippen molar-refractivity contribution in [3.8, 4) is 0 Å². The highest BCUT2D eigenvalue weighted by molar-refractivity contribution is 7.99. The summed E-state index contributed by atoms with van der Waals surface area (Å²) >= 11 is 7.95.